The summed E-state index contributed by atoms with van der Waals surface area (Å²) in [6.45, 7) is 0.519. The van der Waals surface area contributed by atoms with Gasteiger partial charge in [0.15, 0.2) is 23.0 Å². The van der Waals surface area contributed by atoms with Crippen LogP contribution in [0.15, 0.2) is 29.8 Å². The molecule has 32 heavy (non-hydrogen) atoms. The quantitative estimate of drug-likeness (QED) is 0.297. The molecule has 166 valence electrons. The predicted octanol–water partition coefficient (Wildman–Crippen LogP) is 2.94. The average molecular weight is 441 g/mol. The van der Waals surface area contributed by atoms with E-state index in [-0.39, 0.29) is 36.0 Å². The Kier molecular flexibility index (Phi) is 6.65. The molecule has 0 saturated heterocycles. The van der Waals surface area contributed by atoms with Crippen molar-refractivity contribution in [1.82, 2.24) is 0 Å². The molecular formula is C21H19N3O8. The molecule has 1 heterocycles. The fourth-order valence-corrected chi connectivity index (χ4v) is 2.99. The first-order valence-electron chi connectivity index (χ1n) is 9.23. The second-order valence-corrected chi connectivity index (χ2v) is 6.34. The number of benzene rings is 2. The van der Waals surface area contributed by atoms with Crippen molar-refractivity contribution in [3.05, 3.63) is 45.5 Å². The number of methoxy groups -OCH3 is 3. The number of amides is 1. The molecule has 1 aliphatic rings. The number of fused-ring (bicyclic) bond motifs is 1. The highest BCUT2D eigenvalue weighted by Gasteiger charge is 2.24. The molecule has 0 radical (unpaired) electrons. The van der Waals surface area contributed by atoms with E-state index in [2.05, 4.69) is 5.32 Å². The summed E-state index contributed by atoms with van der Waals surface area (Å²) >= 11 is 0. The minimum atomic E-state index is -0.857. The molecule has 1 aliphatic heterocycles. The van der Waals surface area contributed by atoms with Crippen molar-refractivity contribution >= 4 is 23.4 Å². The van der Waals surface area contributed by atoms with Crippen molar-refractivity contribution in [3.8, 4) is 34.8 Å². The fourth-order valence-electron chi connectivity index (χ4n) is 2.99. The summed E-state index contributed by atoms with van der Waals surface area (Å²) in [5.41, 5.74) is -0.485. The van der Waals surface area contributed by atoms with Gasteiger partial charge in [-0.05, 0) is 12.1 Å². The van der Waals surface area contributed by atoms with Crippen molar-refractivity contribution in [3.63, 3.8) is 0 Å². The Balaban J connectivity index is 1.98. The molecule has 0 fully saturated rings. The third-order valence-electron chi connectivity index (χ3n) is 4.51. The normalized spacial score (nSPS) is 12.4. The summed E-state index contributed by atoms with van der Waals surface area (Å²) in [6.07, 6.45) is 1.28. The van der Waals surface area contributed by atoms with Crippen LogP contribution >= 0.6 is 0 Å². The molecule has 1 N–H and O–H groups in total. The fraction of sp³-hybridized carbons (Fsp3) is 0.238. The van der Waals surface area contributed by atoms with Crippen LogP contribution in [0.3, 0.4) is 0 Å². The summed E-state index contributed by atoms with van der Waals surface area (Å²) < 4.78 is 26.5. The molecule has 11 heteroatoms. The first-order valence-corrected chi connectivity index (χ1v) is 9.23. The van der Waals surface area contributed by atoms with Gasteiger partial charge in [-0.25, -0.2) is 0 Å². The van der Waals surface area contributed by atoms with Crippen LogP contribution in [0, 0.1) is 21.4 Å². The van der Waals surface area contributed by atoms with Gasteiger partial charge in [-0.1, -0.05) is 0 Å². The molecule has 0 spiro atoms. The van der Waals surface area contributed by atoms with Crippen molar-refractivity contribution in [2.45, 2.75) is 0 Å². The lowest BCUT2D eigenvalue weighted by atomic mass is 10.1. The van der Waals surface area contributed by atoms with E-state index in [9.17, 15) is 20.2 Å². The minimum Gasteiger partial charge on any atom is -0.496 e. The standard InChI is InChI=1S/C21H19N3O8/c1-28-16-10-18(30-3)17(29-2)7-12(16)6-13(11-22)21(25)23-14-8-19-20(32-5-4-31-19)9-15(14)24(26)27/h6-10H,4-5H2,1-3H3,(H,23,25). The largest absolute Gasteiger partial charge is 0.496 e. The molecule has 0 aliphatic carbocycles. The Morgan fingerprint density at radius 3 is 2.22 bits per heavy atom. The number of hydrogen-bond acceptors (Lipinski definition) is 9. The van der Waals surface area contributed by atoms with Gasteiger partial charge >= 0.3 is 0 Å². The lowest BCUT2D eigenvalue weighted by molar-refractivity contribution is -0.384. The molecule has 3 rings (SSSR count). The zero-order valence-electron chi connectivity index (χ0n) is 17.5. The number of carbonyl (C=O) groups is 1. The van der Waals surface area contributed by atoms with Crippen molar-refractivity contribution in [2.75, 3.05) is 39.9 Å². The summed E-state index contributed by atoms with van der Waals surface area (Å²) in [7, 11) is 4.32. The van der Waals surface area contributed by atoms with Gasteiger partial charge in [0.1, 0.15) is 36.3 Å². The highest BCUT2D eigenvalue weighted by Crippen LogP contribution is 2.40. The molecule has 2 aromatic carbocycles. The van der Waals surface area contributed by atoms with Crippen LogP contribution in [-0.4, -0.2) is 45.4 Å². The van der Waals surface area contributed by atoms with Gasteiger partial charge < -0.3 is 29.0 Å². The monoisotopic (exact) mass is 441 g/mol. The van der Waals surface area contributed by atoms with Gasteiger partial charge in [0.05, 0.1) is 32.3 Å². The number of nitriles is 1. The van der Waals surface area contributed by atoms with Gasteiger partial charge in [-0.2, -0.15) is 5.26 Å². The van der Waals surface area contributed by atoms with Gasteiger partial charge in [-0.15, -0.1) is 0 Å². The third-order valence-corrected chi connectivity index (χ3v) is 4.51. The highest BCUT2D eigenvalue weighted by molar-refractivity contribution is 6.10. The number of anilines is 1. The van der Waals surface area contributed by atoms with Crippen LogP contribution in [0.2, 0.25) is 0 Å². The number of carbonyl (C=O) groups excluding carboxylic acids is 1. The van der Waals surface area contributed by atoms with E-state index in [1.165, 1.54) is 39.5 Å². The van der Waals surface area contributed by atoms with E-state index in [4.69, 9.17) is 23.7 Å². The zero-order chi connectivity index (χ0) is 23.3. The SMILES string of the molecule is COc1cc(OC)c(OC)cc1C=C(C#N)C(=O)Nc1cc2c(cc1[N+](=O)[O-])OCCO2. The molecule has 0 atom stereocenters. The van der Waals surface area contributed by atoms with Crippen LogP contribution in [0.1, 0.15) is 5.56 Å². The minimum absolute atomic E-state index is 0.135. The molecule has 0 unspecified atom stereocenters. The number of hydrogen-bond donors (Lipinski definition) is 1. The van der Waals surface area contributed by atoms with Gasteiger partial charge in [0, 0.05) is 17.7 Å². The van der Waals surface area contributed by atoms with E-state index in [1.54, 1.807) is 12.1 Å². The topological polar surface area (TPSA) is 142 Å². The second-order valence-electron chi connectivity index (χ2n) is 6.34. The highest BCUT2D eigenvalue weighted by atomic mass is 16.6. The Labute approximate surface area is 182 Å². The molecule has 11 nitrogen and oxygen atoms in total. The summed E-state index contributed by atoms with van der Waals surface area (Å²) in [4.78, 5) is 23.6. The first-order chi connectivity index (χ1) is 15.4. The maximum absolute atomic E-state index is 12.8. The summed E-state index contributed by atoms with van der Waals surface area (Å²) in [5, 5.41) is 23.4. The Morgan fingerprint density at radius 1 is 1.06 bits per heavy atom. The number of ether oxygens (including phenoxy) is 5. The molecule has 0 saturated carbocycles. The molecule has 2 aromatic rings. The first kappa shape index (κ1) is 22.2. The van der Waals surface area contributed by atoms with Crippen LogP contribution in [0.4, 0.5) is 11.4 Å². The Bertz CT molecular complexity index is 1140. The van der Waals surface area contributed by atoms with Gasteiger partial charge in [0.2, 0.25) is 0 Å². The van der Waals surface area contributed by atoms with Gasteiger partial charge in [0.25, 0.3) is 11.6 Å². The van der Waals surface area contributed by atoms with Crippen LogP contribution < -0.4 is 29.0 Å². The molecule has 1 amide bonds. The van der Waals surface area contributed by atoms with E-state index in [0.29, 0.717) is 22.8 Å². The number of nitrogens with one attached hydrogen (secondary N) is 1. The summed E-state index contributed by atoms with van der Waals surface area (Å²) in [5.74, 6) is 0.682. The van der Waals surface area contributed by atoms with Crippen LogP contribution in [0.25, 0.3) is 6.08 Å². The molecule has 0 bridgehead atoms. The van der Waals surface area contributed by atoms with E-state index in [0.717, 1.165) is 6.07 Å². The third kappa shape index (κ3) is 4.49. The lowest BCUT2D eigenvalue weighted by Gasteiger charge is -2.19. The average Bonchev–Trinajstić information content (AvgIpc) is 2.81. The molecular weight excluding hydrogens is 422 g/mol. The second kappa shape index (κ2) is 9.57. The van der Waals surface area contributed by atoms with Crippen molar-refractivity contribution in [1.29, 1.82) is 5.26 Å². The van der Waals surface area contributed by atoms with E-state index < -0.39 is 16.5 Å². The number of rotatable bonds is 7. The Hall–Kier alpha value is -4.46. The van der Waals surface area contributed by atoms with Crippen LogP contribution in [0.5, 0.6) is 28.7 Å². The van der Waals surface area contributed by atoms with Crippen molar-refractivity contribution in [2.24, 2.45) is 0 Å². The van der Waals surface area contributed by atoms with E-state index >= 15 is 0 Å². The number of nitro groups is 1. The van der Waals surface area contributed by atoms with Crippen molar-refractivity contribution < 1.29 is 33.4 Å². The lowest BCUT2D eigenvalue weighted by Crippen LogP contribution is -2.18. The smallest absolute Gasteiger partial charge is 0.296 e. The maximum Gasteiger partial charge on any atom is 0.296 e. The summed E-state index contributed by atoms with van der Waals surface area (Å²) in [6, 6.07) is 7.33. The van der Waals surface area contributed by atoms with Crippen LogP contribution in [-0.2, 0) is 4.79 Å². The molecule has 0 aromatic heterocycles. The zero-order valence-corrected chi connectivity index (χ0v) is 17.5. The van der Waals surface area contributed by atoms with Gasteiger partial charge in [-0.3, -0.25) is 14.9 Å². The van der Waals surface area contributed by atoms with E-state index in [1.807, 2.05) is 0 Å². The number of nitro benzene ring substituents is 1. The maximum atomic E-state index is 12.8. The predicted molar refractivity (Wildman–Crippen MR) is 112 cm³/mol. The number of nitrogens with zero attached hydrogens (tertiary/aromatic N) is 2. The Morgan fingerprint density at radius 2 is 1.66 bits per heavy atom.